The maximum atomic E-state index is 12.1. The largest absolute Gasteiger partial charge is 0.390 e. The summed E-state index contributed by atoms with van der Waals surface area (Å²) in [6.45, 7) is 2.91. The third-order valence-electron chi connectivity index (χ3n) is 4.84. The number of hydrogen-bond donors (Lipinski definition) is 1. The van der Waals surface area contributed by atoms with E-state index in [4.69, 9.17) is 9.57 Å². The highest BCUT2D eigenvalue weighted by molar-refractivity contribution is 6.01. The minimum Gasteiger partial charge on any atom is -0.390 e. The van der Waals surface area contributed by atoms with Crippen molar-refractivity contribution >= 4 is 11.7 Å². The Morgan fingerprint density at radius 2 is 1.67 bits per heavy atom. The Hall–Kier alpha value is -2.86. The van der Waals surface area contributed by atoms with Crippen LogP contribution in [-0.2, 0) is 9.57 Å². The van der Waals surface area contributed by atoms with E-state index in [-0.39, 0.29) is 12.1 Å². The third-order valence-corrected chi connectivity index (χ3v) is 4.84. The van der Waals surface area contributed by atoms with Crippen LogP contribution in [0.1, 0.15) is 12.0 Å². The van der Waals surface area contributed by atoms with Crippen LogP contribution in [0.25, 0.3) is 11.1 Å². The molecule has 0 radical (unpaired) electrons. The molecule has 1 saturated heterocycles. The lowest BCUT2D eigenvalue weighted by Gasteiger charge is -2.27. The molecule has 0 spiro atoms. The standard InChI is InChI=1S/C21H23N3O3/c25-21(24-10-12-26-13-11-24)22-15-19-14-20(23-27-19)18-8-6-17(7-9-18)16-4-2-1-3-5-16/h1-9,19H,10-15H2,(H,22,25). The SMILES string of the molecule is O=C(NCC1CC(c2ccc(-c3ccccc3)cc2)=NO1)N1CCOCC1. The number of morpholine rings is 1. The first-order valence-corrected chi connectivity index (χ1v) is 9.29. The summed E-state index contributed by atoms with van der Waals surface area (Å²) in [7, 11) is 0. The van der Waals surface area contributed by atoms with Crippen LogP contribution in [0.3, 0.4) is 0 Å². The molecule has 2 aliphatic rings. The van der Waals surface area contributed by atoms with Crippen molar-refractivity contribution in [2.45, 2.75) is 12.5 Å². The van der Waals surface area contributed by atoms with Gasteiger partial charge in [0.25, 0.3) is 0 Å². The summed E-state index contributed by atoms with van der Waals surface area (Å²) >= 11 is 0. The van der Waals surface area contributed by atoms with Crippen molar-refractivity contribution in [3.63, 3.8) is 0 Å². The highest BCUT2D eigenvalue weighted by atomic mass is 16.6. The molecule has 2 amide bonds. The van der Waals surface area contributed by atoms with E-state index in [2.05, 4.69) is 46.9 Å². The molecule has 0 bridgehead atoms. The Labute approximate surface area is 158 Å². The number of carbonyl (C=O) groups excluding carboxylic acids is 1. The summed E-state index contributed by atoms with van der Waals surface area (Å²) in [5, 5.41) is 7.14. The molecule has 1 unspecified atom stereocenters. The maximum Gasteiger partial charge on any atom is 0.317 e. The fourth-order valence-corrected chi connectivity index (χ4v) is 3.27. The molecule has 0 aliphatic carbocycles. The number of hydrogen-bond acceptors (Lipinski definition) is 4. The summed E-state index contributed by atoms with van der Waals surface area (Å²) < 4.78 is 5.26. The van der Waals surface area contributed by atoms with Gasteiger partial charge in [-0.05, 0) is 16.7 Å². The number of oxime groups is 1. The van der Waals surface area contributed by atoms with Gasteiger partial charge in [-0.15, -0.1) is 0 Å². The molecule has 1 N–H and O–H groups in total. The first-order valence-electron chi connectivity index (χ1n) is 9.29. The number of ether oxygens (including phenoxy) is 1. The van der Waals surface area contributed by atoms with Gasteiger partial charge in [0.15, 0.2) is 6.10 Å². The summed E-state index contributed by atoms with van der Waals surface area (Å²) in [5.41, 5.74) is 4.34. The zero-order chi connectivity index (χ0) is 18.5. The second-order valence-corrected chi connectivity index (χ2v) is 6.70. The van der Waals surface area contributed by atoms with E-state index in [1.165, 1.54) is 11.1 Å². The monoisotopic (exact) mass is 365 g/mol. The van der Waals surface area contributed by atoms with Crippen molar-refractivity contribution < 1.29 is 14.4 Å². The van der Waals surface area contributed by atoms with Crippen LogP contribution in [-0.4, -0.2) is 55.6 Å². The van der Waals surface area contributed by atoms with Crippen molar-refractivity contribution in [1.29, 1.82) is 0 Å². The van der Waals surface area contributed by atoms with Crippen molar-refractivity contribution in [2.24, 2.45) is 5.16 Å². The Morgan fingerprint density at radius 3 is 2.41 bits per heavy atom. The summed E-state index contributed by atoms with van der Waals surface area (Å²) in [6, 6.07) is 18.5. The molecule has 140 valence electrons. The van der Waals surface area contributed by atoms with Gasteiger partial charge in [-0.2, -0.15) is 0 Å². The fourth-order valence-electron chi connectivity index (χ4n) is 3.27. The number of urea groups is 1. The molecular formula is C21H23N3O3. The van der Waals surface area contributed by atoms with Gasteiger partial charge in [0.1, 0.15) is 0 Å². The van der Waals surface area contributed by atoms with E-state index in [0.29, 0.717) is 39.3 Å². The predicted octanol–water partition coefficient (Wildman–Crippen LogP) is 2.89. The summed E-state index contributed by atoms with van der Waals surface area (Å²) in [4.78, 5) is 19.4. The first kappa shape index (κ1) is 17.5. The Bertz CT molecular complexity index is 799. The van der Waals surface area contributed by atoms with Gasteiger partial charge in [-0.3, -0.25) is 0 Å². The lowest BCUT2D eigenvalue weighted by Crippen LogP contribution is -2.47. The molecular weight excluding hydrogens is 342 g/mol. The molecule has 2 heterocycles. The molecule has 1 atom stereocenters. The number of amides is 2. The number of nitrogens with zero attached hydrogens (tertiary/aromatic N) is 2. The topological polar surface area (TPSA) is 63.2 Å². The fraction of sp³-hybridized carbons (Fsp3) is 0.333. The van der Waals surface area contributed by atoms with Crippen LogP contribution in [0, 0.1) is 0 Å². The molecule has 2 aromatic rings. The Kier molecular flexibility index (Phi) is 5.34. The van der Waals surface area contributed by atoms with E-state index in [9.17, 15) is 4.79 Å². The highest BCUT2D eigenvalue weighted by Crippen LogP contribution is 2.22. The van der Waals surface area contributed by atoms with E-state index >= 15 is 0 Å². The molecule has 6 nitrogen and oxygen atoms in total. The molecule has 27 heavy (non-hydrogen) atoms. The van der Waals surface area contributed by atoms with E-state index < -0.39 is 0 Å². The molecule has 4 rings (SSSR count). The van der Waals surface area contributed by atoms with Gasteiger partial charge < -0.3 is 19.8 Å². The van der Waals surface area contributed by atoms with Crippen molar-refractivity contribution in [2.75, 3.05) is 32.8 Å². The number of carbonyl (C=O) groups is 1. The van der Waals surface area contributed by atoms with Gasteiger partial charge >= 0.3 is 6.03 Å². The second-order valence-electron chi connectivity index (χ2n) is 6.70. The van der Waals surface area contributed by atoms with Gasteiger partial charge in [-0.25, -0.2) is 4.79 Å². The van der Waals surface area contributed by atoms with Crippen molar-refractivity contribution in [3.8, 4) is 11.1 Å². The lowest BCUT2D eigenvalue weighted by molar-refractivity contribution is 0.0500. The van der Waals surface area contributed by atoms with Gasteiger partial charge in [0, 0.05) is 19.5 Å². The maximum absolute atomic E-state index is 12.1. The van der Waals surface area contributed by atoms with Crippen LogP contribution in [0.15, 0.2) is 59.8 Å². The van der Waals surface area contributed by atoms with Crippen LogP contribution in [0.5, 0.6) is 0 Å². The lowest BCUT2D eigenvalue weighted by atomic mass is 10.0. The van der Waals surface area contributed by atoms with E-state index in [1.54, 1.807) is 4.90 Å². The highest BCUT2D eigenvalue weighted by Gasteiger charge is 2.24. The normalized spacial score (nSPS) is 19.3. The molecule has 0 saturated carbocycles. The van der Waals surface area contributed by atoms with Crippen LogP contribution >= 0.6 is 0 Å². The van der Waals surface area contributed by atoms with Crippen LogP contribution in [0.4, 0.5) is 4.79 Å². The summed E-state index contributed by atoms with van der Waals surface area (Å²) in [5.74, 6) is 0. The molecule has 0 aromatic heterocycles. The van der Waals surface area contributed by atoms with Crippen molar-refractivity contribution in [1.82, 2.24) is 10.2 Å². The zero-order valence-corrected chi connectivity index (χ0v) is 15.1. The Balaban J connectivity index is 1.29. The first-order chi connectivity index (χ1) is 13.3. The predicted molar refractivity (Wildman–Crippen MR) is 104 cm³/mol. The minimum absolute atomic E-state index is 0.0671. The smallest absolute Gasteiger partial charge is 0.317 e. The minimum atomic E-state index is -0.126. The molecule has 2 aliphatic heterocycles. The number of nitrogens with one attached hydrogen (secondary N) is 1. The summed E-state index contributed by atoms with van der Waals surface area (Å²) in [6.07, 6.45) is 0.562. The van der Waals surface area contributed by atoms with Gasteiger partial charge in [0.05, 0.1) is 25.5 Å². The second kappa shape index (κ2) is 8.22. The quantitative estimate of drug-likeness (QED) is 0.906. The van der Waals surface area contributed by atoms with Gasteiger partial charge in [-0.1, -0.05) is 59.8 Å². The zero-order valence-electron chi connectivity index (χ0n) is 15.1. The van der Waals surface area contributed by atoms with Crippen LogP contribution < -0.4 is 5.32 Å². The molecule has 2 aromatic carbocycles. The van der Waals surface area contributed by atoms with E-state index in [1.807, 2.05) is 18.2 Å². The molecule has 6 heteroatoms. The molecule has 1 fully saturated rings. The van der Waals surface area contributed by atoms with Gasteiger partial charge in [0.2, 0.25) is 0 Å². The van der Waals surface area contributed by atoms with Crippen molar-refractivity contribution in [3.05, 3.63) is 60.2 Å². The average molecular weight is 365 g/mol. The Morgan fingerprint density at radius 1 is 1.00 bits per heavy atom. The third kappa shape index (κ3) is 4.28. The van der Waals surface area contributed by atoms with Crippen LogP contribution in [0.2, 0.25) is 0 Å². The number of benzene rings is 2. The van der Waals surface area contributed by atoms with E-state index in [0.717, 1.165) is 11.3 Å². The number of rotatable bonds is 4. The average Bonchev–Trinajstić information content (AvgIpc) is 3.22.